The number of H-pyrrole nitrogens is 1. The van der Waals surface area contributed by atoms with E-state index in [1.54, 1.807) is 24.3 Å². The molecule has 1 aromatic carbocycles. The molecule has 0 aliphatic rings. The Morgan fingerprint density at radius 3 is 2.41 bits per heavy atom. The summed E-state index contributed by atoms with van der Waals surface area (Å²) in [6.07, 6.45) is 0. The van der Waals surface area contributed by atoms with Crippen LogP contribution in [0.3, 0.4) is 0 Å². The van der Waals surface area contributed by atoms with Crippen LogP contribution in [0, 0.1) is 0 Å². The molecule has 0 bridgehead atoms. The van der Waals surface area contributed by atoms with E-state index in [2.05, 4.69) is 21.0 Å². The van der Waals surface area contributed by atoms with Gasteiger partial charge >= 0.3 is 0 Å². The summed E-state index contributed by atoms with van der Waals surface area (Å²) in [4.78, 5) is 22.7. The summed E-state index contributed by atoms with van der Waals surface area (Å²) in [7, 11) is 0. The van der Waals surface area contributed by atoms with Gasteiger partial charge in [0.05, 0.1) is 5.69 Å². The molecule has 0 unspecified atom stereocenters. The molecule has 1 aromatic heterocycles. The Morgan fingerprint density at radius 2 is 1.94 bits per heavy atom. The number of aromatic nitrogens is 2. The number of ketones is 1. The van der Waals surface area contributed by atoms with E-state index in [1.165, 1.54) is 11.6 Å². The molecular formula is C11H9BrN2O3. The molecule has 0 atom stereocenters. The second-order valence-corrected chi connectivity index (χ2v) is 4.42. The smallest absolute Gasteiger partial charge is 0.279 e. The molecule has 1 heterocycles. The minimum Gasteiger partial charge on any atom is -0.493 e. The molecule has 0 radical (unpaired) electrons. The van der Waals surface area contributed by atoms with Crippen molar-refractivity contribution in [3.05, 3.63) is 44.7 Å². The van der Waals surface area contributed by atoms with Crippen molar-refractivity contribution in [3.63, 3.8) is 0 Å². The zero-order valence-electron chi connectivity index (χ0n) is 8.90. The minimum absolute atomic E-state index is 0.229. The lowest BCUT2D eigenvalue weighted by Crippen LogP contribution is -2.10. The quantitative estimate of drug-likeness (QED) is 0.830. The van der Waals surface area contributed by atoms with Crippen LogP contribution in [0.4, 0.5) is 0 Å². The van der Waals surface area contributed by atoms with Crippen molar-refractivity contribution in [1.82, 2.24) is 9.78 Å². The highest BCUT2D eigenvalue weighted by Gasteiger charge is 2.18. The van der Waals surface area contributed by atoms with Gasteiger partial charge in [-0.2, -0.15) is 0 Å². The number of nitrogens with one attached hydrogen (secondary N) is 1. The zero-order valence-corrected chi connectivity index (χ0v) is 10.5. The number of hydrogen-bond acceptors (Lipinski definition) is 3. The van der Waals surface area contributed by atoms with Crippen molar-refractivity contribution < 1.29 is 9.90 Å². The van der Waals surface area contributed by atoms with Crippen molar-refractivity contribution >= 4 is 21.7 Å². The molecule has 2 rings (SSSR count). The fourth-order valence-corrected chi connectivity index (χ4v) is 1.78. The van der Waals surface area contributed by atoms with Crippen molar-refractivity contribution in [2.24, 2.45) is 0 Å². The Bertz CT molecular complexity index is 625. The number of rotatable bonds is 2. The summed E-state index contributed by atoms with van der Waals surface area (Å²) in [5.41, 5.74) is -0.263. The van der Waals surface area contributed by atoms with Gasteiger partial charge in [-0.3, -0.25) is 14.7 Å². The zero-order chi connectivity index (χ0) is 12.6. The highest BCUT2D eigenvalue weighted by atomic mass is 79.9. The van der Waals surface area contributed by atoms with E-state index >= 15 is 0 Å². The van der Waals surface area contributed by atoms with Crippen LogP contribution in [0.5, 0.6) is 5.88 Å². The second-order valence-electron chi connectivity index (χ2n) is 3.51. The first kappa shape index (κ1) is 11.7. The van der Waals surface area contributed by atoms with Crippen LogP contribution in [-0.2, 0) is 0 Å². The van der Waals surface area contributed by atoms with E-state index in [0.717, 1.165) is 4.47 Å². The Hall–Kier alpha value is -1.82. The number of hydrogen-bond donors (Lipinski definition) is 2. The van der Waals surface area contributed by atoms with E-state index in [9.17, 15) is 14.7 Å². The molecule has 6 heteroatoms. The maximum atomic E-state index is 11.5. The molecule has 0 amide bonds. The number of carbonyl (C=O) groups excluding carboxylic acids is 1. The Morgan fingerprint density at radius 1 is 1.35 bits per heavy atom. The molecule has 88 valence electrons. The highest BCUT2D eigenvalue weighted by Crippen LogP contribution is 2.20. The lowest BCUT2D eigenvalue weighted by Gasteiger charge is -2.03. The monoisotopic (exact) mass is 296 g/mol. The number of halogens is 1. The van der Waals surface area contributed by atoms with Gasteiger partial charge in [0.15, 0.2) is 5.78 Å². The number of benzene rings is 1. The van der Waals surface area contributed by atoms with Crippen LogP contribution < -0.4 is 5.56 Å². The van der Waals surface area contributed by atoms with Gasteiger partial charge in [0, 0.05) is 4.47 Å². The molecule has 17 heavy (non-hydrogen) atoms. The lowest BCUT2D eigenvalue weighted by atomic mass is 10.2. The number of carbonyl (C=O) groups is 1. The molecule has 2 N–H and O–H groups in total. The predicted octanol–water partition coefficient (Wildman–Crippen LogP) is 1.84. The van der Waals surface area contributed by atoms with Crippen LogP contribution >= 0.6 is 15.9 Å². The van der Waals surface area contributed by atoms with Crippen molar-refractivity contribution in [3.8, 4) is 11.6 Å². The third-order valence-electron chi connectivity index (χ3n) is 2.31. The first-order chi connectivity index (χ1) is 8.00. The van der Waals surface area contributed by atoms with E-state index < -0.39 is 11.3 Å². The van der Waals surface area contributed by atoms with E-state index in [-0.39, 0.29) is 11.4 Å². The van der Waals surface area contributed by atoms with E-state index in [0.29, 0.717) is 5.69 Å². The second kappa shape index (κ2) is 4.21. The largest absolute Gasteiger partial charge is 0.493 e. The fraction of sp³-hybridized carbons (Fsp3) is 0.0909. The van der Waals surface area contributed by atoms with Crippen LogP contribution in [-0.4, -0.2) is 20.7 Å². The van der Waals surface area contributed by atoms with E-state index in [1.807, 2.05) is 0 Å². The summed E-state index contributed by atoms with van der Waals surface area (Å²) in [6.45, 7) is 1.23. The summed E-state index contributed by atoms with van der Waals surface area (Å²) < 4.78 is 2.05. The van der Waals surface area contributed by atoms with Gasteiger partial charge in [-0.05, 0) is 31.2 Å². The van der Waals surface area contributed by atoms with Crippen LogP contribution in [0.1, 0.15) is 17.3 Å². The van der Waals surface area contributed by atoms with E-state index in [4.69, 9.17) is 0 Å². The van der Waals surface area contributed by atoms with Gasteiger partial charge in [0.2, 0.25) is 5.88 Å². The lowest BCUT2D eigenvalue weighted by molar-refractivity contribution is 0.101. The van der Waals surface area contributed by atoms with Crippen LogP contribution in [0.2, 0.25) is 0 Å². The standard InChI is InChI=1S/C11H9BrN2O3/c1-6(15)9-10(16)13-14(11(9)17)8-4-2-7(12)3-5-8/h2-5,17H,1H3,(H,13,16). The number of aromatic amines is 1. The number of Topliss-reactive ketones (excluding diaryl/α,β-unsaturated/α-hetero) is 1. The normalized spacial score (nSPS) is 10.5. The Kier molecular flexibility index (Phi) is 2.89. The molecule has 5 nitrogen and oxygen atoms in total. The SMILES string of the molecule is CC(=O)c1c(O)n(-c2ccc(Br)cc2)[nH]c1=O. The summed E-state index contributed by atoms with van der Waals surface area (Å²) in [5, 5.41) is 12.2. The minimum atomic E-state index is -0.599. The summed E-state index contributed by atoms with van der Waals surface area (Å²) in [5.74, 6) is -0.843. The van der Waals surface area contributed by atoms with Gasteiger partial charge < -0.3 is 5.11 Å². The topological polar surface area (TPSA) is 75.1 Å². The Labute approximate surface area is 105 Å². The molecular weight excluding hydrogens is 288 g/mol. The number of nitrogens with zero attached hydrogens (tertiary/aromatic N) is 1. The molecule has 2 aromatic rings. The first-order valence-corrected chi connectivity index (χ1v) is 5.61. The van der Waals surface area contributed by atoms with Gasteiger partial charge in [-0.15, -0.1) is 0 Å². The van der Waals surface area contributed by atoms with Crippen molar-refractivity contribution in [2.75, 3.05) is 0 Å². The van der Waals surface area contributed by atoms with Crippen LogP contribution in [0.15, 0.2) is 33.5 Å². The average molecular weight is 297 g/mol. The maximum absolute atomic E-state index is 11.5. The predicted molar refractivity (Wildman–Crippen MR) is 65.8 cm³/mol. The molecule has 0 spiro atoms. The van der Waals surface area contributed by atoms with Gasteiger partial charge in [0.1, 0.15) is 5.56 Å². The van der Waals surface area contributed by atoms with Gasteiger partial charge in [-0.25, -0.2) is 4.68 Å². The highest BCUT2D eigenvalue weighted by molar-refractivity contribution is 9.10. The number of aromatic hydroxyl groups is 1. The molecule has 0 saturated heterocycles. The molecule has 0 saturated carbocycles. The fourth-order valence-electron chi connectivity index (χ4n) is 1.52. The Balaban J connectivity index is 2.61. The molecule has 0 aliphatic carbocycles. The van der Waals surface area contributed by atoms with Gasteiger partial charge in [-0.1, -0.05) is 15.9 Å². The maximum Gasteiger partial charge on any atom is 0.279 e. The third-order valence-corrected chi connectivity index (χ3v) is 2.84. The van der Waals surface area contributed by atoms with Gasteiger partial charge in [0.25, 0.3) is 5.56 Å². The average Bonchev–Trinajstić information content (AvgIpc) is 2.55. The molecule has 0 fully saturated rings. The van der Waals surface area contributed by atoms with Crippen LogP contribution in [0.25, 0.3) is 5.69 Å². The van der Waals surface area contributed by atoms with Crippen molar-refractivity contribution in [1.29, 1.82) is 0 Å². The third kappa shape index (κ3) is 2.03. The summed E-state index contributed by atoms with van der Waals surface area (Å²) in [6, 6.07) is 6.92. The first-order valence-electron chi connectivity index (χ1n) is 4.81. The summed E-state index contributed by atoms with van der Waals surface area (Å²) >= 11 is 3.28. The molecule has 0 aliphatic heterocycles. The van der Waals surface area contributed by atoms with Crippen molar-refractivity contribution in [2.45, 2.75) is 6.92 Å².